The van der Waals surface area contributed by atoms with Crippen LogP contribution < -0.4 is 5.32 Å². The van der Waals surface area contributed by atoms with Crippen molar-refractivity contribution in [3.8, 4) is 0 Å². The standard InChI is InChI=1S/C27H34N2O3/c1-4-16(2)24(26(31)32-3)29-25(30)23-12-21(20-7-5-6-8-22(20)28-23)27-13-17-9-18(14-27)11-19(10-17)15-27/h5-8,12,16-19,24H,4,9-11,13-15H2,1-3H3,(H,29,30)/t16-,17?,18?,19?,24-,27?/m0/s1. The molecule has 0 radical (unpaired) electrons. The van der Waals surface area contributed by atoms with Crippen LogP contribution in [0.1, 0.15) is 74.8 Å². The van der Waals surface area contributed by atoms with Crippen molar-refractivity contribution >= 4 is 22.8 Å². The van der Waals surface area contributed by atoms with Gasteiger partial charge in [-0.2, -0.15) is 0 Å². The third-order valence-electron chi connectivity index (χ3n) is 8.51. The zero-order valence-corrected chi connectivity index (χ0v) is 19.4. The van der Waals surface area contributed by atoms with E-state index in [0.717, 1.165) is 29.7 Å². The molecule has 0 aliphatic heterocycles. The van der Waals surface area contributed by atoms with E-state index in [2.05, 4.69) is 17.4 Å². The van der Waals surface area contributed by atoms with Crippen LogP contribution in [0.4, 0.5) is 0 Å². The number of pyridine rings is 1. The summed E-state index contributed by atoms with van der Waals surface area (Å²) in [4.78, 5) is 30.4. The molecule has 1 amide bonds. The predicted molar refractivity (Wildman–Crippen MR) is 124 cm³/mol. The fourth-order valence-electron chi connectivity index (χ4n) is 7.18. The molecule has 1 aromatic heterocycles. The minimum Gasteiger partial charge on any atom is -0.467 e. The SMILES string of the molecule is CC[C@H](C)[C@H](NC(=O)c1cc(C23CC4CC(CC(C4)C2)C3)c2ccccc2n1)C(=O)OC. The van der Waals surface area contributed by atoms with E-state index >= 15 is 0 Å². The number of benzene rings is 1. The van der Waals surface area contributed by atoms with Crippen molar-refractivity contribution in [2.24, 2.45) is 23.7 Å². The van der Waals surface area contributed by atoms with Gasteiger partial charge in [-0.3, -0.25) is 4.79 Å². The molecule has 4 aliphatic carbocycles. The average molecular weight is 435 g/mol. The van der Waals surface area contributed by atoms with Crippen molar-refractivity contribution in [2.75, 3.05) is 7.11 Å². The number of aromatic nitrogens is 1. The van der Waals surface area contributed by atoms with Crippen LogP contribution >= 0.6 is 0 Å². The number of ether oxygens (including phenoxy) is 1. The number of nitrogens with one attached hydrogen (secondary N) is 1. The molecule has 32 heavy (non-hydrogen) atoms. The van der Waals surface area contributed by atoms with Gasteiger partial charge in [0.15, 0.2) is 0 Å². The van der Waals surface area contributed by atoms with Gasteiger partial charge >= 0.3 is 5.97 Å². The number of nitrogens with zero attached hydrogens (tertiary/aromatic N) is 1. The van der Waals surface area contributed by atoms with Gasteiger partial charge in [0.25, 0.3) is 5.91 Å². The van der Waals surface area contributed by atoms with Gasteiger partial charge in [-0.1, -0.05) is 38.5 Å². The number of carbonyl (C=O) groups is 2. The molecule has 4 bridgehead atoms. The highest BCUT2D eigenvalue weighted by Crippen LogP contribution is 2.61. The summed E-state index contributed by atoms with van der Waals surface area (Å²) in [6.45, 7) is 3.96. The van der Waals surface area contributed by atoms with Gasteiger partial charge < -0.3 is 10.1 Å². The van der Waals surface area contributed by atoms with E-state index in [-0.39, 0.29) is 17.2 Å². The Kier molecular flexibility index (Phi) is 5.47. The molecule has 1 N–H and O–H groups in total. The third kappa shape index (κ3) is 3.60. The molecule has 2 aromatic rings. The van der Waals surface area contributed by atoms with Crippen molar-refractivity contribution in [3.05, 3.63) is 41.6 Å². The molecular formula is C27H34N2O3. The summed E-state index contributed by atoms with van der Waals surface area (Å²) in [5.41, 5.74) is 2.73. The molecule has 1 aromatic carbocycles. The lowest BCUT2D eigenvalue weighted by Crippen LogP contribution is -2.49. The smallest absolute Gasteiger partial charge is 0.328 e. The molecule has 2 atom stereocenters. The summed E-state index contributed by atoms with van der Waals surface area (Å²) < 4.78 is 4.96. The van der Waals surface area contributed by atoms with Gasteiger partial charge in [-0.15, -0.1) is 0 Å². The highest BCUT2D eigenvalue weighted by atomic mass is 16.5. The van der Waals surface area contributed by atoms with Crippen molar-refractivity contribution in [2.45, 2.75) is 70.3 Å². The Bertz CT molecular complexity index is 1010. The molecule has 5 heteroatoms. The van der Waals surface area contributed by atoms with Crippen LogP contribution in [0.3, 0.4) is 0 Å². The quantitative estimate of drug-likeness (QED) is 0.648. The van der Waals surface area contributed by atoms with Crippen LogP contribution in [0.2, 0.25) is 0 Å². The second kappa shape index (κ2) is 8.17. The van der Waals surface area contributed by atoms with Crippen LogP contribution in [0.25, 0.3) is 10.9 Å². The van der Waals surface area contributed by atoms with Gasteiger partial charge in [-0.25, -0.2) is 9.78 Å². The lowest BCUT2D eigenvalue weighted by molar-refractivity contribution is -0.144. The normalized spacial score (nSPS) is 30.2. The summed E-state index contributed by atoms with van der Waals surface area (Å²) >= 11 is 0. The van der Waals surface area contributed by atoms with E-state index in [1.54, 1.807) is 0 Å². The van der Waals surface area contributed by atoms with Gasteiger partial charge in [-0.05, 0) is 85.3 Å². The first-order chi connectivity index (χ1) is 15.4. The maximum atomic E-state index is 13.3. The van der Waals surface area contributed by atoms with Crippen molar-refractivity contribution < 1.29 is 14.3 Å². The van der Waals surface area contributed by atoms with Crippen molar-refractivity contribution in [1.82, 2.24) is 10.3 Å². The van der Waals surface area contributed by atoms with E-state index in [1.807, 2.05) is 32.0 Å². The Morgan fingerprint density at radius 3 is 2.34 bits per heavy atom. The lowest BCUT2D eigenvalue weighted by Gasteiger charge is -2.57. The second-order valence-electron chi connectivity index (χ2n) is 10.6. The van der Waals surface area contributed by atoms with Crippen molar-refractivity contribution in [1.29, 1.82) is 0 Å². The van der Waals surface area contributed by atoms with E-state index in [0.29, 0.717) is 5.69 Å². The molecule has 4 saturated carbocycles. The molecule has 4 fully saturated rings. The molecule has 5 nitrogen and oxygen atoms in total. The number of carbonyl (C=O) groups excluding carboxylic acids is 2. The molecule has 170 valence electrons. The Morgan fingerprint density at radius 1 is 1.12 bits per heavy atom. The maximum absolute atomic E-state index is 13.3. The zero-order valence-electron chi connectivity index (χ0n) is 19.4. The summed E-state index contributed by atoms with van der Waals surface area (Å²) in [6, 6.07) is 9.59. The Hall–Kier alpha value is -2.43. The Morgan fingerprint density at radius 2 is 1.75 bits per heavy atom. The fraction of sp³-hybridized carbons (Fsp3) is 0.593. The summed E-state index contributed by atoms with van der Waals surface area (Å²) in [5, 5.41) is 4.10. The molecule has 0 saturated heterocycles. The second-order valence-corrected chi connectivity index (χ2v) is 10.6. The van der Waals surface area contributed by atoms with E-state index in [9.17, 15) is 9.59 Å². The predicted octanol–water partition coefficient (Wildman–Crippen LogP) is 5.02. The van der Waals surface area contributed by atoms with E-state index in [1.165, 1.54) is 56.6 Å². The van der Waals surface area contributed by atoms with Gasteiger partial charge in [0, 0.05) is 5.39 Å². The largest absolute Gasteiger partial charge is 0.467 e. The highest BCUT2D eigenvalue weighted by molar-refractivity contribution is 5.98. The minimum absolute atomic E-state index is 0.0190. The Balaban J connectivity index is 1.54. The topological polar surface area (TPSA) is 68.3 Å². The van der Waals surface area contributed by atoms with Crippen LogP contribution in [-0.2, 0) is 14.9 Å². The summed E-state index contributed by atoms with van der Waals surface area (Å²) in [5.74, 6) is 1.74. The number of rotatable bonds is 6. The van der Waals surface area contributed by atoms with E-state index in [4.69, 9.17) is 9.72 Å². The van der Waals surface area contributed by atoms with E-state index < -0.39 is 12.0 Å². The minimum atomic E-state index is -0.672. The molecule has 4 aliphatic rings. The van der Waals surface area contributed by atoms with Crippen LogP contribution in [-0.4, -0.2) is 30.0 Å². The number of methoxy groups -OCH3 is 1. The first-order valence-electron chi connectivity index (χ1n) is 12.2. The first-order valence-corrected chi connectivity index (χ1v) is 12.2. The Labute approximate surface area is 190 Å². The molecule has 0 spiro atoms. The molecule has 1 heterocycles. The number of para-hydroxylation sites is 1. The lowest BCUT2D eigenvalue weighted by atomic mass is 9.48. The van der Waals surface area contributed by atoms with Gasteiger partial charge in [0.05, 0.1) is 12.6 Å². The number of hydrogen-bond donors (Lipinski definition) is 1. The number of esters is 1. The van der Waals surface area contributed by atoms with Crippen molar-refractivity contribution in [3.63, 3.8) is 0 Å². The molecule has 0 unspecified atom stereocenters. The maximum Gasteiger partial charge on any atom is 0.328 e. The zero-order chi connectivity index (χ0) is 22.5. The monoisotopic (exact) mass is 434 g/mol. The van der Waals surface area contributed by atoms with Gasteiger partial charge in [0.2, 0.25) is 0 Å². The summed E-state index contributed by atoms with van der Waals surface area (Å²) in [7, 11) is 1.36. The van der Waals surface area contributed by atoms with Gasteiger partial charge in [0.1, 0.15) is 11.7 Å². The third-order valence-corrected chi connectivity index (χ3v) is 8.51. The number of hydrogen-bond acceptors (Lipinski definition) is 4. The first kappa shape index (κ1) is 21.4. The van der Waals surface area contributed by atoms with Crippen LogP contribution in [0.5, 0.6) is 0 Å². The van der Waals surface area contributed by atoms with Crippen LogP contribution in [0.15, 0.2) is 30.3 Å². The molecular weight excluding hydrogens is 400 g/mol. The highest BCUT2D eigenvalue weighted by Gasteiger charge is 2.52. The number of amides is 1. The fourth-order valence-corrected chi connectivity index (χ4v) is 7.18. The number of fused-ring (bicyclic) bond motifs is 1. The summed E-state index contributed by atoms with van der Waals surface area (Å²) in [6.07, 6.45) is 8.59. The van der Waals surface area contributed by atoms with Crippen LogP contribution in [0, 0.1) is 23.7 Å². The molecule has 6 rings (SSSR count). The average Bonchev–Trinajstić information content (AvgIpc) is 2.79.